The van der Waals surface area contributed by atoms with Crippen molar-refractivity contribution in [2.24, 2.45) is 7.05 Å². The van der Waals surface area contributed by atoms with E-state index in [1.54, 1.807) is 6.20 Å². The first-order chi connectivity index (χ1) is 7.56. The average Bonchev–Trinajstić information content (AvgIpc) is 2.48. The van der Waals surface area contributed by atoms with Gasteiger partial charge in [-0.05, 0) is 0 Å². The Bertz CT molecular complexity index is 337. The van der Waals surface area contributed by atoms with E-state index < -0.39 is 0 Å². The number of aryl methyl sites for hydroxylation is 1. The van der Waals surface area contributed by atoms with Crippen LogP contribution < -0.4 is 0 Å². The zero-order valence-corrected chi connectivity index (χ0v) is 11.6. The second-order valence-corrected chi connectivity index (χ2v) is 6.80. The molecule has 2 rings (SSSR count). The van der Waals surface area contributed by atoms with Crippen molar-refractivity contribution in [2.45, 2.75) is 30.9 Å². The van der Waals surface area contributed by atoms with Crippen LogP contribution in [0.3, 0.4) is 0 Å². The van der Waals surface area contributed by atoms with Crippen molar-refractivity contribution >= 4 is 23.4 Å². The summed E-state index contributed by atoms with van der Waals surface area (Å²) in [4.78, 5) is 2.47. The third-order valence-corrected chi connectivity index (χ3v) is 4.42. The van der Waals surface area contributed by atoms with E-state index in [4.69, 9.17) is 11.6 Å². The lowest BCUT2D eigenvalue weighted by Crippen LogP contribution is -2.40. The van der Waals surface area contributed by atoms with Gasteiger partial charge in [0.1, 0.15) is 0 Å². The molecule has 1 aliphatic heterocycles. The van der Waals surface area contributed by atoms with E-state index >= 15 is 0 Å². The van der Waals surface area contributed by atoms with Gasteiger partial charge in [0, 0.05) is 37.2 Å². The van der Waals surface area contributed by atoms with Gasteiger partial charge in [0.05, 0.1) is 16.9 Å². The molecule has 16 heavy (non-hydrogen) atoms. The van der Waals surface area contributed by atoms with Crippen LogP contribution in [0.15, 0.2) is 6.20 Å². The Morgan fingerprint density at radius 2 is 2.06 bits per heavy atom. The van der Waals surface area contributed by atoms with Crippen LogP contribution >= 0.6 is 23.4 Å². The minimum absolute atomic E-state index is 0.704. The fraction of sp³-hybridized carbons (Fsp3) is 0.727. The summed E-state index contributed by atoms with van der Waals surface area (Å²) in [5, 5.41) is 6.36. The number of hydrogen-bond acceptors (Lipinski definition) is 3. The lowest BCUT2D eigenvalue weighted by atomic mass is 10.3. The summed E-state index contributed by atoms with van der Waals surface area (Å²) >= 11 is 8.19. The van der Waals surface area contributed by atoms with Gasteiger partial charge in [0.15, 0.2) is 0 Å². The third-order valence-electron chi connectivity index (χ3n) is 2.88. The van der Waals surface area contributed by atoms with Crippen LogP contribution in [0.1, 0.15) is 19.5 Å². The fourth-order valence-corrected chi connectivity index (χ4v) is 3.85. The summed E-state index contributed by atoms with van der Waals surface area (Å²) in [5.74, 6) is 0. The SMILES string of the molecule is C[C@H]1CN(Cc2c(Cl)cnn2C)C[C@H](C)S1. The van der Waals surface area contributed by atoms with Crippen LogP contribution in [0.4, 0.5) is 0 Å². The molecule has 1 aromatic rings. The molecule has 0 saturated carbocycles. The van der Waals surface area contributed by atoms with E-state index in [0.29, 0.717) is 10.5 Å². The first kappa shape index (κ1) is 12.3. The second kappa shape index (κ2) is 4.98. The molecule has 1 aliphatic rings. The minimum atomic E-state index is 0.704. The molecule has 1 fully saturated rings. The molecule has 0 spiro atoms. The molecule has 0 bridgehead atoms. The van der Waals surface area contributed by atoms with Gasteiger partial charge < -0.3 is 0 Å². The van der Waals surface area contributed by atoms with E-state index in [9.17, 15) is 0 Å². The van der Waals surface area contributed by atoms with E-state index in [0.717, 1.165) is 30.4 Å². The molecule has 0 amide bonds. The summed E-state index contributed by atoms with van der Waals surface area (Å²) < 4.78 is 1.87. The maximum atomic E-state index is 6.12. The van der Waals surface area contributed by atoms with Crippen molar-refractivity contribution in [3.8, 4) is 0 Å². The van der Waals surface area contributed by atoms with Crippen molar-refractivity contribution in [1.82, 2.24) is 14.7 Å². The van der Waals surface area contributed by atoms with Crippen molar-refractivity contribution in [3.63, 3.8) is 0 Å². The Morgan fingerprint density at radius 3 is 2.56 bits per heavy atom. The lowest BCUT2D eigenvalue weighted by molar-refractivity contribution is 0.256. The van der Waals surface area contributed by atoms with Crippen LogP contribution in [0.5, 0.6) is 0 Å². The van der Waals surface area contributed by atoms with Crippen LogP contribution in [0, 0.1) is 0 Å². The molecule has 2 heterocycles. The maximum absolute atomic E-state index is 6.12. The Labute approximate surface area is 106 Å². The van der Waals surface area contributed by atoms with Gasteiger partial charge >= 0.3 is 0 Å². The highest BCUT2D eigenvalue weighted by molar-refractivity contribution is 8.00. The highest BCUT2D eigenvalue weighted by Crippen LogP contribution is 2.26. The van der Waals surface area contributed by atoms with Crippen molar-refractivity contribution in [1.29, 1.82) is 0 Å². The summed E-state index contributed by atoms with van der Waals surface area (Å²) in [5.41, 5.74) is 1.12. The van der Waals surface area contributed by atoms with Crippen molar-refractivity contribution in [2.75, 3.05) is 13.1 Å². The molecule has 2 atom stereocenters. The smallest absolute Gasteiger partial charge is 0.0831 e. The topological polar surface area (TPSA) is 21.1 Å². The Hall–Kier alpha value is -0.190. The highest BCUT2D eigenvalue weighted by Gasteiger charge is 2.23. The molecule has 1 saturated heterocycles. The van der Waals surface area contributed by atoms with Gasteiger partial charge in [0.2, 0.25) is 0 Å². The largest absolute Gasteiger partial charge is 0.295 e. The summed E-state index contributed by atoms with van der Waals surface area (Å²) in [6.07, 6.45) is 1.72. The van der Waals surface area contributed by atoms with Crippen molar-refractivity contribution in [3.05, 3.63) is 16.9 Å². The van der Waals surface area contributed by atoms with Crippen molar-refractivity contribution < 1.29 is 0 Å². The Morgan fingerprint density at radius 1 is 1.44 bits per heavy atom. The lowest BCUT2D eigenvalue weighted by Gasteiger charge is -2.34. The van der Waals surface area contributed by atoms with E-state index in [2.05, 4.69) is 35.6 Å². The van der Waals surface area contributed by atoms with Crippen LogP contribution in [0.25, 0.3) is 0 Å². The maximum Gasteiger partial charge on any atom is 0.0831 e. The van der Waals surface area contributed by atoms with Gasteiger partial charge in [-0.25, -0.2) is 0 Å². The predicted molar refractivity (Wildman–Crippen MR) is 70.0 cm³/mol. The fourth-order valence-electron chi connectivity index (χ4n) is 2.24. The summed E-state index contributed by atoms with van der Waals surface area (Å²) in [6.45, 7) is 7.76. The van der Waals surface area contributed by atoms with Gasteiger partial charge in [0.25, 0.3) is 0 Å². The number of hydrogen-bond donors (Lipinski definition) is 0. The Kier molecular flexibility index (Phi) is 3.82. The molecular weight excluding hydrogens is 242 g/mol. The zero-order valence-electron chi connectivity index (χ0n) is 9.98. The third kappa shape index (κ3) is 2.73. The van der Waals surface area contributed by atoms with E-state index in [1.807, 2.05) is 11.7 Å². The number of nitrogens with zero attached hydrogens (tertiary/aromatic N) is 3. The number of rotatable bonds is 2. The predicted octanol–water partition coefficient (Wildman–Crippen LogP) is 2.40. The first-order valence-corrected chi connectivity index (χ1v) is 6.92. The minimum Gasteiger partial charge on any atom is -0.295 e. The van der Waals surface area contributed by atoms with Gasteiger partial charge in [-0.3, -0.25) is 9.58 Å². The molecule has 1 aromatic heterocycles. The van der Waals surface area contributed by atoms with Gasteiger partial charge in [-0.15, -0.1) is 0 Å². The summed E-state index contributed by atoms with van der Waals surface area (Å²) in [7, 11) is 1.95. The van der Waals surface area contributed by atoms with Gasteiger partial charge in [-0.1, -0.05) is 25.4 Å². The normalized spacial score (nSPS) is 27.2. The van der Waals surface area contributed by atoms with Gasteiger partial charge in [-0.2, -0.15) is 16.9 Å². The highest BCUT2D eigenvalue weighted by atomic mass is 35.5. The van der Waals surface area contributed by atoms with Crippen LogP contribution in [0.2, 0.25) is 5.02 Å². The number of aromatic nitrogens is 2. The summed E-state index contributed by atoms with van der Waals surface area (Å²) in [6, 6.07) is 0. The van der Waals surface area contributed by atoms with E-state index in [-0.39, 0.29) is 0 Å². The molecule has 0 aliphatic carbocycles. The second-order valence-electron chi connectivity index (χ2n) is 4.51. The molecule has 90 valence electrons. The quantitative estimate of drug-likeness (QED) is 0.814. The standard InChI is InChI=1S/C11H18ClN3S/c1-8-5-15(6-9(2)16-8)7-11-10(12)4-13-14(11)3/h4,8-9H,5-7H2,1-3H3/t8-,9-/m0/s1. The van der Waals surface area contributed by atoms with E-state index in [1.165, 1.54) is 0 Å². The number of halogens is 1. The average molecular weight is 260 g/mol. The Balaban J connectivity index is 2.04. The molecule has 0 N–H and O–H groups in total. The number of thioether (sulfide) groups is 1. The molecule has 0 aromatic carbocycles. The zero-order chi connectivity index (χ0) is 11.7. The monoisotopic (exact) mass is 259 g/mol. The first-order valence-electron chi connectivity index (χ1n) is 5.60. The van der Waals surface area contributed by atoms with Crippen LogP contribution in [-0.4, -0.2) is 38.3 Å². The molecule has 3 nitrogen and oxygen atoms in total. The van der Waals surface area contributed by atoms with Crippen LogP contribution in [-0.2, 0) is 13.6 Å². The molecular formula is C11H18ClN3S. The molecule has 0 radical (unpaired) electrons. The molecule has 5 heteroatoms. The molecule has 0 unspecified atom stereocenters.